The van der Waals surface area contributed by atoms with Crippen LogP contribution >= 0.6 is 0 Å². The molecule has 0 amide bonds. The summed E-state index contributed by atoms with van der Waals surface area (Å²) in [6.07, 6.45) is 6.18. The molecular weight excluding hydrogens is 178 g/mol. The van der Waals surface area contributed by atoms with Crippen LogP contribution in [0.3, 0.4) is 0 Å². The van der Waals surface area contributed by atoms with E-state index in [1.54, 1.807) is 0 Å². The molecule has 0 saturated heterocycles. The van der Waals surface area contributed by atoms with Crippen LogP contribution in [0.5, 0.6) is 0 Å². The Kier molecular flexibility index (Phi) is 14.9. The molecule has 1 heteroatoms. The second-order valence-corrected chi connectivity index (χ2v) is 1.55. The predicted molar refractivity (Wildman–Crippen MR) is 29.5 cm³/mol. The van der Waals surface area contributed by atoms with Crippen molar-refractivity contribution in [2.75, 3.05) is 0 Å². The maximum absolute atomic E-state index is 2.21. The monoisotopic (exact) mass is 191 g/mol. The summed E-state index contributed by atoms with van der Waals surface area (Å²) in [6.45, 7) is 4.32. The van der Waals surface area contributed by atoms with Crippen molar-refractivity contribution in [3.8, 4) is 0 Å². The van der Waals surface area contributed by atoms with Gasteiger partial charge in [0.05, 0.1) is 0 Å². The molecule has 0 N–H and O–H groups in total. The van der Waals surface area contributed by atoms with Crippen LogP contribution in [0, 0.1) is 6.42 Å². The molecule has 0 fully saturated rings. The molecule has 47 valence electrons. The molecule has 0 heterocycles. The molecule has 0 atom stereocenters. The molecule has 1 radical (unpaired) electrons. The third-order valence-corrected chi connectivity index (χ3v) is 0.846. The van der Waals surface area contributed by atoms with E-state index in [1.165, 1.54) is 19.3 Å². The Balaban J connectivity index is 0. The Morgan fingerprint density at radius 1 is 1.43 bits per heavy atom. The van der Waals surface area contributed by atoms with Gasteiger partial charge in [-0.3, -0.25) is 0 Å². The van der Waals surface area contributed by atoms with Crippen molar-refractivity contribution >= 4 is 0 Å². The van der Waals surface area contributed by atoms with Crippen LogP contribution in [0.15, 0.2) is 0 Å². The Hall–Kier alpha value is 0.662. The average molecular weight is 192 g/mol. The van der Waals surface area contributed by atoms with Gasteiger partial charge in [-0.2, -0.15) is 0 Å². The third kappa shape index (κ3) is 10.8. The summed E-state index contributed by atoms with van der Waals surface area (Å²) in [5, 5.41) is 0. The molecule has 0 aliphatic heterocycles. The summed E-state index contributed by atoms with van der Waals surface area (Å²) < 4.78 is 0. The number of hydrogen-bond acceptors (Lipinski definition) is 0. The van der Waals surface area contributed by atoms with Crippen LogP contribution in [-0.2, 0) is 20.4 Å². The van der Waals surface area contributed by atoms with Crippen LogP contribution in [0.2, 0.25) is 0 Å². The predicted octanol–water partition coefficient (Wildman–Crippen LogP) is 2.40. The minimum atomic E-state index is 0. The molecule has 0 bridgehead atoms. The summed E-state index contributed by atoms with van der Waals surface area (Å²) in [7, 11) is 0. The first-order chi connectivity index (χ1) is 2.91. The first kappa shape index (κ1) is 10.6. The first-order valence-corrected chi connectivity index (χ1v) is 2.69. The van der Waals surface area contributed by atoms with Gasteiger partial charge in [0.2, 0.25) is 0 Å². The molecule has 0 nitrogen and oxygen atoms in total. The van der Waals surface area contributed by atoms with Gasteiger partial charge in [0, 0.05) is 20.4 Å². The molecule has 0 saturated carbocycles. The molecule has 7 heavy (non-hydrogen) atoms. The summed E-state index contributed by atoms with van der Waals surface area (Å²) in [5.74, 6) is 0. The van der Waals surface area contributed by atoms with Gasteiger partial charge < -0.3 is 0 Å². The second-order valence-electron chi connectivity index (χ2n) is 1.55. The van der Waals surface area contributed by atoms with Crippen LogP contribution in [0.25, 0.3) is 0 Å². The standard InChI is InChI=1S/C6H13.Pd/c1-3-5-6-4-2;/h3H,4-6H2,1-2H3;. The molecule has 0 rings (SSSR count). The quantitative estimate of drug-likeness (QED) is 0.475. The van der Waals surface area contributed by atoms with Crippen molar-refractivity contribution < 1.29 is 20.4 Å². The number of hydrogen-bond donors (Lipinski definition) is 0. The molecule has 0 aliphatic rings. The van der Waals surface area contributed by atoms with Gasteiger partial charge in [0.1, 0.15) is 0 Å². The van der Waals surface area contributed by atoms with Gasteiger partial charge in [-0.25, -0.2) is 0 Å². The Bertz CT molecular complexity index is 16.1. The molecule has 0 aromatic rings. The first-order valence-electron chi connectivity index (χ1n) is 2.69. The van der Waals surface area contributed by atoms with Gasteiger partial charge in [-0.05, 0) is 6.42 Å². The number of rotatable bonds is 3. The average Bonchev–Trinajstić information content (AvgIpc) is 1.61. The van der Waals surface area contributed by atoms with Gasteiger partial charge in [0.25, 0.3) is 0 Å². The fourth-order valence-electron chi connectivity index (χ4n) is 0.408. The van der Waals surface area contributed by atoms with Gasteiger partial charge in [-0.1, -0.05) is 33.1 Å². The smallest absolute Gasteiger partial charge is 0 e. The summed E-state index contributed by atoms with van der Waals surface area (Å²) in [4.78, 5) is 0. The molecule has 0 aliphatic carbocycles. The van der Waals surface area contributed by atoms with Crippen LogP contribution in [-0.4, -0.2) is 0 Å². The number of unbranched alkanes of at least 4 members (excludes halogenated alkanes) is 3. The zero-order valence-electron chi connectivity index (χ0n) is 5.01. The fourth-order valence-corrected chi connectivity index (χ4v) is 0.408. The van der Waals surface area contributed by atoms with E-state index in [-0.39, 0.29) is 20.4 Å². The van der Waals surface area contributed by atoms with E-state index in [0.717, 1.165) is 0 Å². The topological polar surface area (TPSA) is 0 Å². The Morgan fingerprint density at radius 2 is 2.00 bits per heavy atom. The fraction of sp³-hybridized carbons (Fsp3) is 0.833. The van der Waals surface area contributed by atoms with Crippen molar-refractivity contribution in [1.29, 1.82) is 0 Å². The van der Waals surface area contributed by atoms with Crippen molar-refractivity contribution in [1.82, 2.24) is 0 Å². The molecule has 0 unspecified atom stereocenters. The van der Waals surface area contributed by atoms with E-state index in [4.69, 9.17) is 0 Å². The SMILES string of the molecule is C[CH]CCCC.[Pd]. The zero-order chi connectivity index (χ0) is 4.83. The van der Waals surface area contributed by atoms with Crippen molar-refractivity contribution in [3.63, 3.8) is 0 Å². The van der Waals surface area contributed by atoms with E-state index in [2.05, 4.69) is 20.3 Å². The largest absolute Gasteiger partial charge is 0.0654 e. The Morgan fingerprint density at radius 3 is 2.14 bits per heavy atom. The van der Waals surface area contributed by atoms with E-state index in [1.807, 2.05) is 0 Å². The Labute approximate surface area is 60.3 Å². The molecule has 0 spiro atoms. The van der Waals surface area contributed by atoms with E-state index >= 15 is 0 Å². The van der Waals surface area contributed by atoms with Crippen LogP contribution in [0.1, 0.15) is 33.1 Å². The van der Waals surface area contributed by atoms with Crippen LogP contribution in [0.4, 0.5) is 0 Å². The van der Waals surface area contributed by atoms with Crippen molar-refractivity contribution in [2.45, 2.75) is 33.1 Å². The minimum absolute atomic E-state index is 0. The summed E-state index contributed by atoms with van der Waals surface area (Å²) in [6, 6.07) is 0. The van der Waals surface area contributed by atoms with E-state index in [9.17, 15) is 0 Å². The van der Waals surface area contributed by atoms with Gasteiger partial charge >= 0.3 is 0 Å². The van der Waals surface area contributed by atoms with Crippen molar-refractivity contribution in [2.24, 2.45) is 0 Å². The third-order valence-electron chi connectivity index (χ3n) is 0.846. The summed E-state index contributed by atoms with van der Waals surface area (Å²) in [5.41, 5.74) is 0. The maximum atomic E-state index is 2.21. The van der Waals surface area contributed by atoms with Crippen LogP contribution < -0.4 is 0 Å². The maximum Gasteiger partial charge on any atom is 0 e. The van der Waals surface area contributed by atoms with Gasteiger partial charge in [0.15, 0.2) is 0 Å². The minimum Gasteiger partial charge on any atom is -0.0654 e. The second kappa shape index (κ2) is 9.83. The van der Waals surface area contributed by atoms with E-state index in [0.29, 0.717) is 0 Å². The molecule has 0 aromatic heterocycles. The molecule has 0 aromatic carbocycles. The zero-order valence-corrected chi connectivity index (χ0v) is 6.57. The van der Waals surface area contributed by atoms with E-state index < -0.39 is 0 Å². The normalized spacial score (nSPS) is 7.71. The summed E-state index contributed by atoms with van der Waals surface area (Å²) >= 11 is 0. The van der Waals surface area contributed by atoms with Crippen molar-refractivity contribution in [3.05, 3.63) is 6.42 Å². The van der Waals surface area contributed by atoms with Gasteiger partial charge in [-0.15, -0.1) is 0 Å². The molecular formula is C6H13Pd.